The molecule has 0 saturated carbocycles. The Bertz CT molecular complexity index is 1630. The van der Waals surface area contributed by atoms with E-state index in [9.17, 15) is 14.9 Å². The van der Waals surface area contributed by atoms with Crippen LogP contribution in [0.4, 0.5) is 23.1 Å². The summed E-state index contributed by atoms with van der Waals surface area (Å²) in [6.07, 6.45) is 8.26. The van der Waals surface area contributed by atoms with Crippen LogP contribution in [-0.4, -0.2) is 62.8 Å². The van der Waals surface area contributed by atoms with Crippen molar-refractivity contribution in [1.82, 2.24) is 24.8 Å². The third-order valence-electron chi connectivity index (χ3n) is 7.32. The van der Waals surface area contributed by atoms with Gasteiger partial charge in [-0.2, -0.15) is 5.26 Å². The highest BCUT2D eigenvalue weighted by Gasteiger charge is 2.21. The topological polar surface area (TPSA) is 140 Å². The van der Waals surface area contributed by atoms with Crippen molar-refractivity contribution in [3.05, 3.63) is 72.2 Å². The van der Waals surface area contributed by atoms with E-state index in [-0.39, 0.29) is 17.4 Å². The summed E-state index contributed by atoms with van der Waals surface area (Å²) >= 11 is 0. The fourth-order valence-electron chi connectivity index (χ4n) is 4.16. The van der Waals surface area contributed by atoms with E-state index >= 15 is 0 Å². The van der Waals surface area contributed by atoms with Crippen molar-refractivity contribution in [2.75, 3.05) is 41.7 Å². The maximum Gasteiger partial charge on any atom is 0.255 e. The van der Waals surface area contributed by atoms with Gasteiger partial charge in [0.2, 0.25) is 11.9 Å². The quantitative estimate of drug-likeness (QED) is 0.294. The molecule has 1 saturated heterocycles. The Balaban J connectivity index is 1.50. The minimum absolute atomic E-state index is 0.0620. The van der Waals surface area contributed by atoms with E-state index in [1.807, 2.05) is 61.8 Å². The standard InChI is InChI=1S/C31H35N9O2/c1-20-10-11-24(36-29(42)21(2)8-7-9-22(3)31(5,6)18-32)16-25(20)37-28-27-26(34-19-35-28)17-33-30(38-27)40-14-12-39(13-15-40)23(4)41/h7-11,16-17,19H,2,12-15H2,1,3-6H3,(H,36,42)(H,34,35,37)/b8-7-,22-9+. The molecule has 3 aromatic rings. The lowest BCUT2D eigenvalue weighted by atomic mass is 9.87. The van der Waals surface area contributed by atoms with Crippen LogP contribution in [0.15, 0.2) is 66.7 Å². The molecule has 216 valence electrons. The summed E-state index contributed by atoms with van der Waals surface area (Å²) in [6.45, 7) is 15.4. The van der Waals surface area contributed by atoms with Crippen molar-refractivity contribution in [2.24, 2.45) is 5.41 Å². The molecule has 1 fully saturated rings. The zero-order chi connectivity index (χ0) is 30.4. The molecule has 0 aliphatic carbocycles. The molecule has 0 atom stereocenters. The zero-order valence-electron chi connectivity index (χ0n) is 24.6. The Labute approximate surface area is 245 Å². The molecule has 11 nitrogen and oxygen atoms in total. The van der Waals surface area contributed by atoms with Crippen molar-refractivity contribution < 1.29 is 9.59 Å². The number of nitrogens with zero attached hydrogens (tertiary/aromatic N) is 7. The van der Waals surface area contributed by atoms with Crippen LogP contribution >= 0.6 is 0 Å². The predicted molar refractivity (Wildman–Crippen MR) is 164 cm³/mol. The molecule has 0 spiro atoms. The highest BCUT2D eigenvalue weighted by molar-refractivity contribution is 6.05. The third-order valence-corrected chi connectivity index (χ3v) is 7.32. The van der Waals surface area contributed by atoms with Crippen LogP contribution in [0.1, 0.15) is 33.3 Å². The molecule has 1 aliphatic rings. The van der Waals surface area contributed by atoms with Crippen LogP contribution < -0.4 is 15.5 Å². The first-order valence-electron chi connectivity index (χ1n) is 13.6. The number of allylic oxidation sites excluding steroid dienone is 3. The lowest BCUT2D eigenvalue weighted by Crippen LogP contribution is -2.48. The Morgan fingerprint density at radius 1 is 1.12 bits per heavy atom. The molecule has 42 heavy (non-hydrogen) atoms. The van der Waals surface area contributed by atoms with Crippen LogP contribution in [0.5, 0.6) is 0 Å². The number of rotatable bonds is 8. The number of hydrogen-bond donors (Lipinski definition) is 2. The molecule has 0 unspecified atom stereocenters. The van der Waals surface area contributed by atoms with E-state index < -0.39 is 5.41 Å². The van der Waals surface area contributed by atoms with Gasteiger partial charge < -0.3 is 20.4 Å². The van der Waals surface area contributed by atoms with Gasteiger partial charge in [-0.3, -0.25) is 9.59 Å². The Morgan fingerprint density at radius 3 is 2.55 bits per heavy atom. The predicted octanol–water partition coefficient (Wildman–Crippen LogP) is 4.69. The van der Waals surface area contributed by atoms with E-state index in [4.69, 9.17) is 4.98 Å². The van der Waals surface area contributed by atoms with Crippen LogP contribution in [0.3, 0.4) is 0 Å². The number of nitriles is 1. The van der Waals surface area contributed by atoms with E-state index in [0.717, 1.165) is 16.8 Å². The molecule has 2 aromatic heterocycles. The molecule has 0 radical (unpaired) electrons. The lowest BCUT2D eigenvalue weighted by Gasteiger charge is -2.34. The lowest BCUT2D eigenvalue weighted by molar-refractivity contribution is -0.129. The maximum absolute atomic E-state index is 12.8. The first-order chi connectivity index (χ1) is 20.0. The molecule has 2 N–H and O–H groups in total. The number of anilines is 4. The van der Waals surface area contributed by atoms with Crippen LogP contribution in [0.2, 0.25) is 0 Å². The van der Waals surface area contributed by atoms with Gasteiger partial charge in [0.1, 0.15) is 17.4 Å². The average molecular weight is 566 g/mol. The fraction of sp³-hybridized carbons (Fsp3) is 0.323. The van der Waals surface area contributed by atoms with Gasteiger partial charge in [0.05, 0.1) is 17.7 Å². The number of piperazine rings is 1. The number of nitrogens with one attached hydrogen (secondary N) is 2. The molecule has 2 amide bonds. The summed E-state index contributed by atoms with van der Waals surface area (Å²) in [7, 11) is 0. The van der Waals surface area contributed by atoms with Gasteiger partial charge in [-0.25, -0.2) is 19.9 Å². The first kappa shape index (κ1) is 29.9. The molecule has 0 bridgehead atoms. The van der Waals surface area contributed by atoms with E-state index in [1.54, 1.807) is 25.3 Å². The molecule has 1 aliphatic heterocycles. The molecule has 4 rings (SSSR count). The number of carbonyl (C=O) groups is 2. The number of amides is 2. The summed E-state index contributed by atoms with van der Waals surface area (Å²) in [5.41, 5.74) is 3.98. The third kappa shape index (κ3) is 6.96. The Morgan fingerprint density at radius 2 is 1.86 bits per heavy atom. The number of aromatic nitrogens is 4. The number of aryl methyl sites for hydroxylation is 1. The largest absolute Gasteiger partial charge is 0.339 e. The number of benzene rings is 1. The zero-order valence-corrected chi connectivity index (χ0v) is 24.6. The second-order valence-corrected chi connectivity index (χ2v) is 10.7. The van der Waals surface area contributed by atoms with E-state index in [0.29, 0.717) is 54.7 Å². The molecular weight excluding hydrogens is 530 g/mol. The summed E-state index contributed by atoms with van der Waals surface area (Å²) in [4.78, 5) is 46.3. The summed E-state index contributed by atoms with van der Waals surface area (Å²) in [6, 6.07) is 7.78. The summed E-state index contributed by atoms with van der Waals surface area (Å²) in [5, 5.41) is 15.5. The van der Waals surface area contributed by atoms with Gasteiger partial charge in [0.25, 0.3) is 5.91 Å². The van der Waals surface area contributed by atoms with Crippen LogP contribution in [-0.2, 0) is 9.59 Å². The average Bonchev–Trinajstić information content (AvgIpc) is 2.98. The summed E-state index contributed by atoms with van der Waals surface area (Å²) in [5.74, 6) is 0.773. The minimum Gasteiger partial charge on any atom is -0.339 e. The van der Waals surface area contributed by atoms with Gasteiger partial charge in [0, 0.05) is 50.1 Å². The van der Waals surface area contributed by atoms with Gasteiger partial charge in [-0.1, -0.05) is 36.4 Å². The van der Waals surface area contributed by atoms with Crippen molar-refractivity contribution in [3.63, 3.8) is 0 Å². The molecular formula is C31H35N9O2. The summed E-state index contributed by atoms with van der Waals surface area (Å²) < 4.78 is 0. The molecule has 1 aromatic carbocycles. The van der Waals surface area contributed by atoms with Crippen LogP contribution in [0, 0.1) is 23.7 Å². The second-order valence-electron chi connectivity index (χ2n) is 10.7. The van der Waals surface area contributed by atoms with Gasteiger partial charge in [-0.15, -0.1) is 0 Å². The van der Waals surface area contributed by atoms with Crippen molar-refractivity contribution in [3.8, 4) is 6.07 Å². The highest BCUT2D eigenvalue weighted by Crippen LogP contribution is 2.28. The Hall–Kier alpha value is -5.11. The monoisotopic (exact) mass is 565 g/mol. The number of carbonyl (C=O) groups excluding carboxylic acids is 2. The van der Waals surface area contributed by atoms with Crippen molar-refractivity contribution >= 4 is 46.0 Å². The second kappa shape index (κ2) is 12.6. The van der Waals surface area contributed by atoms with Crippen molar-refractivity contribution in [2.45, 2.75) is 34.6 Å². The molecule has 11 heteroatoms. The van der Waals surface area contributed by atoms with Gasteiger partial charge >= 0.3 is 0 Å². The van der Waals surface area contributed by atoms with E-state index in [2.05, 4.69) is 38.2 Å². The highest BCUT2D eigenvalue weighted by atomic mass is 16.2. The van der Waals surface area contributed by atoms with Crippen LogP contribution in [0.25, 0.3) is 11.0 Å². The minimum atomic E-state index is -0.590. The van der Waals surface area contributed by atoms with Crippen molar-refractivity contribution in [1.29, 1.82) is 5.26 Å². The molecule has 3 heterocycles. The SMILES string of the molecule is C=C(/C=C\C=C(/C)C(C)(C)C#N)C(=O)Nc1ccc(C)c(Nc2ncnc3cnc(N4CCN(C(C)=O)CC4)nc23)c1. The van der Waals surface area contributed by atoms with E-state index in [1.165, 1.54) is 6.33 Å². The smallest absolute Gasteiger partial charge is 0.255 e. The maximum atomic E-state index is 12.8. The Kier molecular flexibility index (Phi) is 8.96. The normalized spacial score (nSPS) is 14.1. The fourth-order valence-corrected chi connectivity index (χ4v) is 4.16. The number of hydrogen-bond acceptors (Lipinski definition) is 9. The van der Waals surface area contributed by atoms with Gasteiger partial charge in [-0.05, 0) is 45.4 Å². The first-order valence-corrected chi connectivity index (χ1v) is 13.6. The van der Waals surface area contributed by atoms with Gasteiger partial charge in [0.15, 0.2) is 5.82 Å². The number of fused-ring (bicyclic) bond motifs is 1.